The maximum absolute atomic E-state index is 12.7. The molecule has 2 aromatic rings. The second-order valence-corrected chi connectivity index (χ2v) is 7.36. The third-order valence-corrected chi connectivity index (χ3v) is 5.33. The molecule has 0 spiro atoms. The second kappa shape index (κ2) is 8.06. The summed E-state index contributed by atoms with van der Waals surface area (Å²) < 4.78 is 5.12. The number of hydrogen-bond donors (Lipinski definition) is 1. The van der Waals surface area contributed by atoms with Gasteiger partial charge in [0, 0.05) is 6.54 Å². The molecule has 140 valence electrons. The molecule has 0 aliphatic carbocycles. The number of ether oxygens (including phenoxy) is 1. The van der Waals surface area contributed by atoms with Gasteiger partial charge in [0.1, 0.15) is 0 Å². The van der Waals surface area contributed by atoms with Gasteiger partial charge in [-0.25, -0.2) is 4.99 Å². The minimum Gasteiger partial charge on any atom is -0.503 e. The number of carbonyl (C=O) groups is 1. The Morgan fingerprint density at radius 2 is 2.00 bits per heavy atom. The Hall–Kier alpha value is -2.44. The highest BCUT2D eigenvalue weighted by molar-refractivity contribution is 8.18. The molecule has 0 saturated carbocycles. The number of aromatic hydroxyl groups is 1. The third-order valence-electron chi connectivity index (χ3n) is 4.03. The van der Waals surface area contributed by atoms with Crippen LogP contribution in [0, 0.1) is 6.92 Å². The Morgan fingerprint density at radius 3 is 2.63 bits per heavy atom. The van der Waals surface area contributed by atoms with Gasteiger partial charge in [-0.2, -0.15) is 0 Å². The molecule has 1 N–H and O–H groups in total. The smallest absolute Gasteiger partial charge is 0.266 e. The van der Waals surface area contributed by atoms with E-state index in [2.05, 4.69) is 4.99 Å². The van der Waals surface area contributed by atoms with Crippen LogP contribution < -0.4 is 4.74 Å². The number of halogens is 1. The zero-order valence-electron chi connectivity index (χ0n) is 15.2. The number of rotatable bonds is 4. The van der Waals surface area contributed by atoms with Crippen LogP contribution in [-0.2, 0) is 4.79 Å². The fourth-order valence-electron chi connectivity index (χ4n) is 2.58. The van der Waals surface area contributed by atoms with E-state index in [0.29, 0.717) is 22.2 Å². The number of carbonyl (C=O) groups excluding carboxylic acids is 1. The molecular weight excluding hydrogens is 384 g/mol. The Morgan fingerprint density at radius 1 is 1.30 bits per heavy atom. The largest absolute Gasteiger partial charge is 0.503 e. The monoisotopic (exact) mass is 402 g/mol. The number of amidine groups is 1. The first-order valence-electron chi connectivity index (χ1n) is 8.36. The third kappa shape index (κ3) is 4.12. The number of aliphatic imine (C=N–C) groups is 1. The molecule has 0 aromatic heterocycles. The lowest BCUT2D eigenvalue weighted by atomic mass is 10.2. The summed E-state index contributed by atoms with van der Waals surface area (Å²) in [5.74, 6) is 0.0192. The molecule has 7 heteroatoms. The molecule has 3 rings (SSSR count). The van der Waals surface area contributed by atoms with Crippen molar-refractivity contribution in [3.8, 4) is 11.5 Å². The molecule has 1 aliphatic rings. The molecule has 27 heavy (non-hydrogen) atoms. The van der Waals surface area contributed by atoms with Gasteiger partial charge in [0.05, 0.1) is 22.7 Å². The zero-order valence-corrected chi connectivity index (χ0v) is 16.8. The first-order chi connectivity index (χ1) is 12.9. The van der Waals surface area contributed by atoms with E-state index in [1.165, 1.54) is 18.9 Å². The summed E-state index contributed by atoms with van der Waals surface area (Å²) in [6.07, 6.45) is 1.72. The summed E-state index contributed by atoms with van der Waals surface area (Å²) in [5.41, 5.74) is 2.61. The summed E-state index contributed by atoms with van der Waals surface area (Å²) in [5, 5.41) is 10.7. The lowest BCUT2D eigenvalue weighted by molar-refractivity contribution is -0.122. The fraction of sp³-hybridized carbons (Fsp3) is 0.200. The number of nitrogens with zero attached hydrogens (tertiary/aromatic N) is 2. The number of methoxy groups -OCH3 is 1. The topological polar surface area (TPSA) is 62.1 Å². The quantitative estimate of drug-likeness (QED) is 0.732. The van der Waals surface area contributed by atoms with Crippen LogP contribution >= 0.6 is 23.4 Å². The van der Waals surface area contributed by atoms with E-state index in [9.17, 15) is 9.90 Å². The van der Waals surface area contributed by atoms with Gasteiger partial charge in [0.15, 0.2) is 16.7 Å². The molecule has 0 atom stereocenters. The summed E-state index contributed by atoms with van der Waals surface area (Å²) >= 11 is 7.35. The van der Waals surface area contributed by atoms with E-state index in [4.69, 9.17) is 16.3 Å². The van der Waals surface area contributed by atoms with Crippen molar-refractivity contribution < 1.29 is 14.6 Å². The number of phenols is 1. The van der Waals surface area contributed by atoms with Crippen molar-refractivity contribution >= 4 is 46.2 Å². The standard InChI is InChI=1S/C20H19ClN2O3S/c1-4-23-19(25)17(11-13-9-15(21)18(24)16(10-13)26-3)27-20(23)22-14-7-5-12(2)6-8-14/h5-11,24H,4H2,1-3H3/b17-11+,22-20?. The van der Waals surface area contributed by atoms with Crippen LogP contribution in [0.3, 0.4) is 0 Å². The lowest BCUT2D eigenvalue weighted by Crippen LogP contribution is -2.28. The number of aryl methyl sites for hydroxylation is 1. The Kier molecular flexibility index (Phi) is 5.77. The molecule has 1 saturated heterocycles. The molecule has 0 unspecified atom stereocenters. The Bertz CT molecular complexity index is 939. The van der Waals surface area contributed by atoms with Crippen LogP contribution in [0.5, 0.6) is 11.5 Å². The van der Waals surface area contributed by atoms with Gasteiger partial charge in [-0.3, -0.25) is 9.69 Å². The molecule has 1 aliphatic heterocycles. The number of likely N-dealkylation sites (N-methyl/N-ethyl adjacent to an activating group) is 1. The van der Waals surface area contributed by atoms with Gasteiger partial charge in [-0.15, -0.1) is 0 Å². The summed E-state index contributed by atoms with van der Waals surface area (Å²) in [6, 6.07) is 11.0. The van der Waals surface area contributed by atoms with E-state index in [1.807, 2.05) is 38.1 Å². The highest BCUT2D eigenvalue weighted by Crippen LogP contribution is 2.38. The van der Waals surface area contributed by atoms with Gasteiger partial charge in [0.2, 0.25) is 0 Å². The fourth-order valence-corrected chi connectivity index (χ4v) is 3.87. The van der Waals surface area contributed by atoms with Crippen molar-refractivity contribution in [2.45, 2.75) is 13.8 Å². The molecule has 1 heterocycles. The number of thioether (sulfide) groups is 1. The number of benzene rings is 2. The minimum absolute atomic E-state index is 0.114. The molecule has 2 aromatic carbocycles. The van der Waals surface area contributed by atoms with Crippen LogP contribution in [0.1, 0.15) is 18.1 Å². The Labute approximate surface area is 167 Å². The molecule has 5 nitrogen and oxygen atoms in total. The average Bonchev–Trinajstić information content (AvgIpc) is 2.94. The van der Waals surface area contributed by atoms with Gasteiger partial charge in [0.25, 0.3) is 5.91 Å². The molecular formula is C20H19ClN2O3S. The summed E-state index contributed by atoms with van der Waals surface area (Å²) in [4.78, 5) is 19.5. The first-order valence-corrected chi connectivity index (χ1v) is 9.55. The van der Waals surface area contributed by atoms with Crippen LogP contribution in [0.2, 0.25) is 5.02 Å². The van der Waals surface area contributed by atoms with E-state index < -0.39 is 0 Å². The van der Waals surface area contributed by atoms with Crippen molar-refractivity contribution in [2.75, 3.05) is 13.7 Å². The second-order valence-electron chi connectivity index (χ2n) is 5.94. The molecule has 1 amide bonds. The van der Waals surface area contributed by atoms with Crippen molar-refractivity contribution in [3.05, 3.63) is 57.5 Å². The number of amides is 1. The van der Waals surface area contributed by atoms with E-state index in [0.717, 1.165) is 11.3 Å². The molecule has 1 fully saturated rings. The zero-order chi connectivity index (χ0) is 19.6. The minimum atomic E-state index is -0.122. The predicted octanol–water partition coefficient (Wildman–Crippen LogP) is 4.99. The van der Waals surface area contributed by atoms with Crippen molar-refractivity contribution in [1.82, 2.24) is 4.90 Å². The van der Waals surface area contributed by atoms with Crippen LogP contribution in [0.25, 0.3) is 6.08 Å². The van der Waals surface area contributed by atoms with Crippen molar-refractivity contribution in [1.29, 1.82) is 0 Å². The normalized spacial score (nSPS) is 17.2. The Balaban J connectivity index is 1.96. The van der Waals surface area contributed by atoms with E-state index >= 15 is 0 Å². The molecule has 0 radical (unpaired) electrons. The van der Waals surface area contributed by atoms with Crippen molar-refractivity contribution in [2.24, 2.45) is 4.99 Å². The van der Waals surface area contributed by atoms with Gasteiger partial charge >= 0.3 is 0 Å². The van der Waals surface area contributed by atoms with Crippen LogP contribution in [0.4, 0.5) is 5.69 Å². The highest BCUT2D eigenvalue weighted by Gasteiger charge is 2.32. The average molecular weight is 403 g/mol. The summed E-state index contributed by atoms with van der Waals surface area (Å²) in [6.45, 7) is 4.45. The number of phenolic OH excluding ortho intramolecular Hbond substituents is 1. The first kappa shape index (κ1) is 19.3. The van der Waals surface area contributed by atoms with Crippen molar-refractivity contribution in [3.63, 3.8) is 0 Å². The lowest BCUT2D eigenvalue weighted by Gasteiger charge is -2.12. The van der Waals surface area contributed by atoms with Crippen LogP contribution in [0.15, 0.2) is 46.3 Å². The summed E-state index contributed by atoms with van der Waals surface area (Å²) in [7, 11) is 1.45. The van der Waals surface area contributed by atoms with Gasteiger partial charge in [-0.1, -0.05) is 29.3 Å². The SMILES string of the molecule is CCN1C(=O)/C(=C\c2cc(Cl)c(O)c(OC)c2)SC1=Nc1ccc(C)cc1. The highest BCUT2D eigenvalue weighted by atomic mass is 35.5. The van der Waals surface area contributed by atoms with E-state index in [1.54, 1.807) is 23.1 Å². The predicted molar refractivity (Wildman–Crippen MR) is 111 cm³/mol. The van der Waals surface area contributed by atoms with Gasteiger partial charge in [-0.05, 0) is 61.5 Å². The maximum Gasteiger partial charge on any atom is 0.266 e. The van der Waals surface area contributed by atoms with E-state index in [-0.39, 0.29) is 22.4 Å². The number of hydrogen-bond acceptors (Lipinski definition) is 5. The molecule has 0 bridgehead atoms. The van der Waals surface area contributed by atoms with Gasteiger partial charge < -0.3 is 9.84 Å². The van der Waals surface area contributed by atoms with Crippen LogP contribution in [-0.4, -0.2) is 34.7 Å². The maximum atomic E-state index is 12.7.